The van der Waals surface area contributed by atoms with E-state index in [1.165, 1.54) is 0 Å². The zero-order chi connectivity index (χ0) is 15.2. The van der Waals surface area contributed by atoms with Gasteiger partial charge in [0, 0.05) is 31.6 Å². The van der Waals surface area contributed by atoms with Crippen molar-refractivity contribution in [1.29, 1.82) is 0 Å². The Bertz CT molecular complexity index is 440. The first-order chi connectivity index (χ1) is 9.41. The average molecular weight is 298 g/mol. The molecule has 0 radical (unpaired) electrons. The first-order valence-corrected chi connectivity index (χ1v) is 7.39. The second-order valence-electron chi connectivity index (χ2n) is 5.77. The minimum absolute atomic E-state index is 0.0215. The minimum Gasteiger partial charge on any atom is -0.383 e. The molecule has 0 bridgehead atoms. The zero-order valence-corrected chi connectivity index (χ0v) is 13.5. The first kappa shape index (κ1) is 17.0. The lowest BCUT2D eigenvalue weighted by molar-refractivity contribution is 0.0705. The molecule has 0 saturated heterocycles. The monoisotopic (exact) mass is 297 g/mol. The highest BCUT2D eigenvalue weighted by Gasteiger charge is 2.24. The highest BCUT2D eigenvalue weighted by atomic mass is 35.5. The van der Waals surface area contributed by atoms with E-state index in [0.717, 1.165) is 11.1 Å². The summed E-state index contributed by atoms with van der Waals surface area (Å²) < 4.78 is 5.07. The third-order valence-corrected chi connectivity index (χ3v) is 3.34. The molecule has 0 aromatic heterocycles. The van der Waals surface area contributed by atoms with Crippen molar-refractivity contribution < 1.29 is 9.53 Å². The molecular formula is C16H24ClNO2. The molecule has 1 amide bonds. The Balaban J connectivity index is 3.05. The number of hydrogen-bond acceptors (Lipinski definition) is 2. The maximum absolute atomic E-state index is 12.7. The highest BCUT2D eigenvalue weighted by molar-refractivity contribution is 6.18. The zero-order valence-electron chi connectivity index (χ0n) is 12.8. The lowest BCUT2D eigenvalue weighted by Crippen LogP contribution is -2.36. The molecule has 1 aromatic rings. The van der Waals surface area contributed by atoms with Gasteiger partial charge in [0.1, 0.15) is 0 Å². The van der Waals surface area contributed by atoms with Crippen LogP contribution in [-0.4, -0.2) is 43.5 Å². The molecule has 0 aliphatic rings. The maximum Gasteiger partial charge on any atom is 0.254 e. The lowest BCUT2D eigenvalue weighted by atomic mass is 9.83. The fourth-order valence-corrected chi connectivity index (χ4v) is 2.32. The Kier molecular flexibility index (Phi) is 6.50. The number of hydrogen-bond donors (Lipinski definition) is 0. The summed E-state index contributed by atoms with van der Waals surface area (Å²) in [6.07, 6.45) is 0. The number of carbonyl (C=O) groups excluding carboxylic acids is 1. The Morgan fingerprint density at radius 2 is 1.90 bits per heavy atom. The van der Waals surface area contributed by atoms with Crippen LogP contribution in [0.3, 0.4) is 0 Å². The van der Waals surface area contributed by atoms with Crippen LogP contribution >= 0.6 is 11.6 Å². The molecule has 0 unspecified atom stereocenters. The third-order valence-electron chi connectivity index (χ3n) is 3.17. The van der Waals surface area contributed by atoms with Crippen molar-refractivity contribution in [2.24, 2.45) is 0 Å². The molecule has 4 heteroatoms. The van der Waals surface area contributed by atoms with Gasteiger partial charge in [0.05, 0.1) is 6.61 Å². The third kappa shape index (κ3) is 4.50. The van der Waals surface area contributed by atoms with Gasteiger partial charge < -0.3 is 9.64 Å². The van der Waals surface area contributed by atoms with E-state index in [1.54, 1.807) is 12.0 Å². The van der Waals surface area contributed by atoms with E-state index >= 15 is 0 Å². The molecular weight excluding hydrogens is 274 g/mol. The molecule has 1 rings (SSSR count). The Morgan fingerprint density at radius 3 is 2.45 bits per heavy atom. The van der Waals surface area contributed by atoms with Crippen LogP contribution < -0.4 is 0 Å². The fourth-order valence-electron chi connectivity index (χ4n) is 2.11. The number of rotatable bonds is 6. The van der Waals surface area contributed by atoms with Crippen LogP contribution in [0.25, 0.3) is 0 Å². The standard InChI is InChI=1S/C16H24ClNO2/c1-16(2,3)14-8-6-5-7-13(14)15(19)18(10-9-17)11-12-20-4/h5-8H,9-12H2,1-4H3. The van der Waals surface area contributed by atoms with Crippen LogP contribution in [0, 0.1) is 0 Å². The second kappa shape index (κ2) is 7.65. The van der Waals surface area contributed by atoms with E-state index in [1.807, 2.05) is 24.3 Å². The lowest BCUT2D eigenvalue weighted by Gasteiger charge is -2.27. The van der Waals surface area contributed by atoms with Gasteiger partial charge in [0.15, 0.2) is 0 Å². The summed E-state index contributed by atoms with van der Waals surface area (Å²) in [4.78, 5) is 14.5. The number of methoxy groups -OCH3 is 1. The molecule has 3 nitrogen and oxygen atoms in total. The van der Waals surface area contributed by atoms with Crippen molar-refractivity contribution >= 4 is 17.5 Å². The predicted molar refractivity (Wildman–Crippen MR) is 83.6 cm³/mol. The van der Waals surface area contributed by atoms with Crippen molar-refractivity contribution in [1.82, 2.24) is 4.90 Å². The number of amides is 1. The van der Waals surface area contributed by atoms with Crippen LogP contribution in [0.4, 0.5) is 0 Å². The van der Waals surface area contributed by atoms with Gasteiger partial charge in [-0.25, -0.2) is 0 Å². The van der Waals surface area contributed by atoms with Gasteiger partial charge in [-0.15, -0.1) is 11.6 Å². The average Bonchev–Trinajstić information content (AvgIpc) is 2.42. The van der Waals surface area contributed by atoms with E-state index in [4.69, 9.17) is 16.3 Å². The van der Waals surface area contributed by atoms with Crippen LogP contribution in [0.15, 0.2) is 24.3 Å². The van der Waals surface area contributed by atoms with Gasteiger partial charge in [0.25, 0.3) is 5.91 Å². The highest BCUT2D eigenvalue weighted by Crippen LogP contribution is 2.26. The quantitative estimate of drug-likeness (QED) is 0.754. The molecule has 0 saturated carbocycles. The van der Waals surface area contributed by atoms with Gasteiger partial charge >= 0.3 is 0 Å². The summed E-state index contributed by atoms with van der Waals surface area (Å²) in [5, 5.41) is 0. The number of carbonyl (C=O) groups is 1. The van der Waals surface area contributed by atoms with E-state index in [9.17, 15) is 4.79 Å². The Morgan fingerprint density at radius 1 is 1.25 bits per heavy atom. The first-order valence-electron chi connectivity index (χ1n) is 6.85. The van der Waals surface area contributed by atoms with Crippen LogP contribution in [0.1, 0.15) is 36.7 Å². The summed E-state index contributed by atoms with van der Waals surface area (Å²) in [5.41, 5.74) is 1.74. The molecule has 1 aromatic carbocycles. The van der Waals surface area contributed by atoms with Crippen LogP contribution in [0.5, 0.6) is 0 Å². The van der Waals surface area contributed by atoms with Gasteiger partial charge in [-0.05, 0) is 17.0 Å². The molecule has 0 fully saturated rings. The largest absolute Gasteiger partial charge is 0.383 e. The van der Waals surface area contributed by atoms with Gasteiger partial charge in [0.2, 0.25) is 0 Å². The number of benzene rings is 1. The van der Waals surface area contributed by atoms with Crippen molar-refractivity contribution in [3.05, 3.63) is 35.4 Å². The number of halogens is 1. The molecule has 0 aliphatic carbocycles. The smallest absolute Gasteiger partial charge is 0.254 e. The summed E-state index contributed by atoms with van der Waals surface area (Å²) in [5.74, 6) is 0.445. The van der Waals surface area contributed by atoms with Crippen molar-refractivity contribution in [2.45, 2.75) is 26.2 Å². The molecule has 0 heterocycles. The van der Waals surface area contributed by atoms with Crippen molar-refractivity contribution in [3.8, 4) is 0 Å². The normalized spacial score (nSPS) is 11.4. The Labute approximate surface area is 126 Å². The number of alkyl halides is 1. The van der Waals surface area contributed by atoms with Gasteiger partial charge in [-0.3, -0.25) is 4.79 Å². The maximum atomic E-state index is 12.7. The van der Waals surface area contributed by atoms with Crippen LogP contribution in [-0.2, 0) is 10.2 Å². The van der Waals surface area contributed by atoms with E-state index in [2.05, 4.69) is 20.8 Å². The molecule has 0 N–H and O–H groups in total. The molecule has 0 spiro atoms. The summed E-state index contributed by atoms with van der Waals surface area (Å²) >= 11 is 5.80. The molecule has 112 valence electrons. The minimum atomic E-state index is -0.0693. The second-order valence-corrected chi connectivity index (χ2v) is 6.15. The van der Waals surface area contributed by atoms with Gasteiger partial charge in [-0.2, -0.15) is 0 Å². The van der Waals surface area contributed by atoms with Gasteiger partial charge in [-0.1, -0.05) is 39.0 Å². The molecule has 0 atom stereocenters. The van der Waals surface area contributed by atoms with E-state index in [-0.39, 0.29) is 11.3 Å². The summed E-state index contributed by atoms with van der Waals surface area (Å²) in [7, 11) is 1.63. The Hall–Kier alpha value is -1.06. The fraction of sp³-hybridized carbons (Fsp3) is 0.562. The topological polar surface area (TPSA) is 29.5 Å². The summed E-state index contributed by atoms with van der Waals surface area (Å²) in [6.45, 7) is 7.93. The predicted octanol–water partition coefficient (Wildman–Crippen LogP) is 3.31. The molecule has 20 heavy (non-hydrogen) atoms. The van der Waals surface area contributed by atoms with Crippen molar-refractivity contribution in [3.63, 3.8) is 0 Å². The summed E-state index contributed by atoms with van der Waals surface area (Å²) in [6, 6.07) is 7.77. The SMILES string of the molecule is COCCN(CCCl)C(=O)c1ccccc1C(C)(C)C. The molecule has 0 aliphatic heterocycles. The van der Waals surface area contributed by atoms with E-state index < -0.39 is 0 Å². The van der Waals surface area contributed by atoms with Crippen LogP contribution in [0.2, 0.25) is 0 Å². The van der Waals surface area contributed by atoms with E-state index in [0.29, 0.717) is 25.6 Å². The number of nitrogens with zero attached hydrogens (tertiary/aromatic N) is 1. The van der Waals surface area contributed by atoms with Crippen molar-refractivity contribution in [2.75, 3.05) is 32.7 Å². The number of ether oxygens (including phenoxy) is 1.